The highest BCUT2D eigenvalue weighted by Crippen LogP contribution is 2.34. The van der Waals surface area contributed by atoms with Crippen molar-refractivity contribution in [3.63, 3.8) is 0 Å². The van der Waals surface area contributed by atoms with Gasteiger partial charge in [0.05, 0.1) is 22.3 Å². The Morgan fingerprint density at radius 3 is 3.00 bits per heavy atom. The first-order valence-corrected chi connectivity index (χ1v) is 9.80. The number of benzene rings is 1. The van der Waals surface area contributed by atoms with Gasteiger partial charge in [-0.2, -0.15) is 0 Å². The van der Waals surface area contributed by atoms with Crippen molar-refractivity contribution in [2.45, 2.75) is 12.3 Å². The summed E-state index contributed by atoms with van der Waals surface area (Å²) >= 11 is 10.5. The zero-order valence-corrected chi connectivity index (χ0v) is 14.7. The molecule has 0 saturated carbocycles. The summed E-state index contributed by atoms with van der Waals surface area (Å²) in [5.41, 5.74) is 2.26. The first-order chi connectivity index (χ1) is 10.7. The Hall–Kier alpha value is -0.950. The maximum absolute atomic E-state index is 11.9. The fraction of sp³-hybridized carbons (Fsp3) is 0.200. The molecule has 1 aliphatic heterocycles. The van der Waals surface area contributed by atoms with Crippen molar-refractivity contribution < 1.29 is 4.79 Å². The molecule has 22 heavy (non-hydrogen) atoms. The van der Waals surface area contributed by atoms with Crippen molar-refractivity contribution in [1.82, 2.24) is 5.32 Å². The molecule has 7 heteroatoms. The van der Waals surface area contributed by atoms with Crippen LogP contribution in [-0.4, -0.2) is 16.0 Å². The maximum Gasteiger partial charge on any atom is 0.230 e. The standard InChI is InChI=1S/C15H13ClN2OS3/c16-13-6-5-11(22-13)7-17-14(19)9-21-15-18-12-4-2-1-3-10(12)8-20-15/h1-6H,7-9H2,(H,17,19). The highest BCUT2D eigenvalue weighted by Gasteiger charge is 2.14. The van der Waals surface area contributed by atoms with Crippen LogP contribution in [0.1, 0.15) is 10.4 Å². The molecule has 0 fully saturated rings. The van der Waals surface area contributed by atoms with Gasteiger partial charge in [0.2, 0.25) is 5.91 Å². The number of nitrogens with one attached hydrogen (secondary N) is 1. The van der Waals surface area contributed by atoms with Gasteiger partial charge in [-0.3, -0.25) is 4.79 Å². The lowest BCUT2D eigenvalue weighted by Crippen LogP contribution is -2.24. The smallest absolute Gasteiger partial charge is 0.230 e. The van der Waals surface area contributed by atoms with Gasteiger partial charge in [0.25, 0.3) is 0 Å². The normalized spacial score (nSPS) is 13.4. The summed E-state index contributed by atoms with van der Waals surface area (Å²) in [5.74, 6) is 1.31. The van der Waals surface area contributed by atoms with Crippen LogP contribution in [0, 0.1) is 0 Å². The molecule has 0 aliphatic carbocycles. The molecule has 1 aromatic heterocycles. The average Bonchev–Trinajstić information content (AvgIpc) is 2.96. The van der Waals surface area contributed by atoms with E-state index < -0.39 is 0 Å². The lowest BCUT2D eigenvalue weighted by molar-refractivity contribution is -0.118. The Labute approximate surface area is 146 Å². The van der Waals surface area contributed by atoms with Gasteiger partial charge < -0.3 is 5.32 Å². The van der Waals surface area contributed by atoms with Gasteiger partial charge in [-0.1, -0.05) is 53.3 Å². The van der Waals surface area contributed by atoms with Gasteiger partial charge in [-0.15, -0.1) is 11.3 Å². The van der Waals surface area contributed by atoms with E-state index in [-0.39, 0.29) is 5.91 Å². The zero-order valence-electron chi connectivity index (χ0n) is 11.5. The number of carbonyl (C=O) groups is 1. The van der Waals surface area contributed by atoms with Gasteiger partial charge in [-0.25, -0.2) is 4.99 Å². The predicted molar refractivity (Wildman–Crippen MR) is 98.5 cm³/mol. The quantitative estimate of drug-likeness (QED) is 0.851. The molecular weight excluding hydrogens is 356 g/mol. The fourth-order valence-corrected chi connectivity index (χ4v) is 4.82. The van der Waals surface area contributed by atoms with E-state index in [0.29, 0.717) is 12.3 Å². The van der Waals surface area contributed by atoms with Gasteiger partial charge in [0, 0.05) is 10.6 Å². The second-order valence-electron chi connectivity index (χ2n) is 4.57. The van der Waals surface area contributed by atoms with Crippen LogP contribution in [0.15, 0.2) is 41.4 Å². The minimum atomic E-state index is 0.0108. The summed E-state index contributed by atoms with van der Waals surface area (Å²) in [5, 5.41) is 2.90. The molecule has 2 heterocycles. The topological polar surface area (TPSA) is 41.5 Å². The van der Waals surface area contributed by atoms with Crippen molar-refractivity contribution in [2.24, 2.45) is 4.99 Å². The molecule has 3 rings (SSSR count). The van der Waals surface area contributed by atoms with Gasteiger partial charge >= 0.3 is 0 Å². The van der Waals surface area contributed by atoms with Crippen LogP contribution >= 0.6 is 46.5 Å². The third-order valence-electron chi connectivity index (χ3n) is 2.97. The molecule has 1 amide bonds. The summed E-state index contributed by atoms with van der Waals surface area (Å²) < 4.78 is 1.69. The molecule has 0 bridgehead atoms. The number of carbonyl (C=O) groups excluding carboxylic acids is 1. The molecule has 1 aliphatic rings. The summed E-state index contributed by atoms with van der Waals surface area (Å²) in [6, 6.07) is 11.9. The minimum absolute atomic E-state index is 0.0108. The third kappa shape index (κ3) is 4.29. The largest absolute Gasteiger partial charge is 0.350 e. The van der Waals surface area contributed by atoms with E-state index in [2.05, 4.69) is 16.4 Å². The maximum atomic E-state index is 11.9. The molecule has 0 radical (unpaired) electrons. The van der Waals surface area contributed by atoms with Crippen LogP contribution in [-0.2, 0) is 17.1 Å². The highest BCUT2D eigenvalue weighted by atomic mass is 35.5. The van der Waals surface area contributed by atoms with E-state index >= 15 is 0 Å². The molecule has 2 aromatic rings. The Bertz CT molecular complexity index is 714. The summed E-state index contributed by atoms with van der Waals surface area (Å²) in [4.78, 5) is 17.5. The summed E-state index contributed by atoms with van der Waals surface area (Å²) in [6.07, 6.45) is 0. The fourth-order valence-electron chi connectivity index (χ4n) is 1.90. The molecular formula is C15H13ClN2OS3. The number of nitrogens with zero attached hydrogens (tertiary/aromatic N) is 1. The van der Waals surface area contributed by atoms with Crippen LogP contribution in [0.25, 0.3) is 0 Å². The minimum Gasteiger partial charge on any atom is -0.350 e. The van der Waals surface area contributed by atoms with Crippen LogP contribution in [0.4, 0.5) is 5.69 Å². The second kappa shape index (κ2) is 7.55. The van der Waals surface area contributed by atoms with E-state index in [4.69, 9.17) is 11.6 Å². The van der Waals surface area contributed by atoms with Crippen molar-refractivity contribution in [3.05, 3.63) is 51.2 Å². The molecule has 3 nitrogen and oxygen atoms in total. The SMILES string of the molecule is O=C(CSC1=Nc2ccccc2CS1)NCc1ccc(Cl)s1. The molecule has 0 atom stereocenters. The Morgan fingerprint density at radius 1 is 1.32 bits per heavy atom. The number of fused-ring (bicyclic) bond motifs is 1. The van der Waals surface area contributed by atoms with E-state index in [1.807, 2.05) is 30.3 Å². The van der Waals surface area contributed by atoms with Gasteiger partial charge in [0.15, 0.2) is 0 Å². The third-order valence-corrected chi connectivity index (χ3v) is 6.45. The molecule has 0 unspecified atom stereocenters. The molecule has 114 valence electrons. The number of thioether (sulfide) groups is 2. The molecule has 0 saturated heterocycles. The van der Waals surface area contributed by atoms with E-state index in [1.165, 1.54) is 28.7 Å². The summed E-state index contributed by atoms with van der Waals surface area (Å²) in [7, 11) is 0. The Kier molecular flexibility index (Phi) is 5.46. The monoisotopic (exact) mass is 368 g/mol. The number of amides is 1. The molecule has 0 spiro atoms. The summed E-state index contributed by atoms with van der Waals surface area (Å²) in [6.45, 7) is 0.527. The number of halogens is 1. The Morgan fingerprint density at radius 2 is 2.18 bits per heavy atom. The first kappa shape index (κ1) is 15.9. The van der Waals surface area contributed by atoms with Crippen LogP contribution < -0.4 is 5.32 Å². The average molecular weight is 369 g/mol. The number of para-hydroxylation sites is 1. The van der Waals surface area contributed by atoms with Crippen LogP contribution in [0.3, 0.4) is 0 Å². The van der Waals surface area contributed by atoms with E-state index in [9.17, 15) is 4.79 Å². The molecule has 1 N–H and O–H groups in total. The number of hydrogen-bond acceptors (Lipinski definition) is 5. The predicted octanol–water partition coefficient (Wildman–Crippen LogP) is 4.69. The van der Waals surface area contributed by atoms with Crippen molar-refractivity contribution in [3.8, 4) is 0 Å². The van der Waals surface area contributed by atoms with E-state index in [1.54, 1.807) is 11.8 Å². The van der Waals surface area contributed by atoms with Gasteiger partial charge in [0.1, 0.15) is 4.38 Å². The lowest BCUT2D eigenvalue weighted by atomic mass is 10.2. The van der Waals surface area contributed by atoms with Crippen molar-refractivity contribution in [1.29, 1.82) is 0 Å². The first-order valence-electron chi connectivity index (χ1n) is 6.64. The molecule has 1 aromatic carbocycles. The Balaban J connectivity index is 1.48. The van der Waals surface area contributed by atoms with Crippen molar-refractivity contribution in [2.75, 3.05) is 5.75 Å². The van der Waals surface area contributed by atoms with Crippen LogP contribution in [0.5, 0.6) is 0 Å². The number of rotatable bonds is 4. The zero-order chi connectivity index (χ0) is 15.4. The second-order valence-corrected chi connectivity index (χ2v) is 8.55. The van der Waals surface area contributed by atoms with Gasteiger partial charge in [-0.05, 0) is 23.8 Å². The number of aliphatic imine (C=N–C) groups is 1. The lowest BCUT2D eigenvalue weighted by Gasteiger charge is -2.13. The number of thiophene rings is 1. The van der Waals surface area contributed by atoms with Crippen molar-refractivity contribution >= 4 is 62.4 Å². The van der Waals surface area contributed by atoms with E-state index in [0.717, 1.165) is 25.0 Å². The number of hydrogen-bond donors (Lipinski definition) is 1. The van der Waals surface area contributed by atoms with Crippen LogP contribution in [0.2, 0.25) is 4.34 Å². The highest BCUT2D eigenvalue weighted by molar-refractivity contribution is 8.38.